The first-order valence-corrected chi connectivity index (χ1v) is 5.80. The van der Waals surface area contributed by atoms with Gasteiger partial charge in [0.15, 0.2) is 0 Å². The van der Waals surface area contributed by atoms with E-state index in [4.69, 9.17) is 0 Å². The van der Waals surface area contributed by atoms with Gasteiger partial charge in [-0.05, 0) is 12.8 Å². The van der Waals surface area contributed by atoms with Crippen molar-refractivity contribution < 1.29 is 0 Å². The zero-order valence-electron chi connectivity index (χ0n) is 10.9. The van der Waals surface area contributed by atoms with E-state index in [2.05, 4.69) is 41.1 Å². The van der Waals surface area contributed by atoms with Crippen LogP contribution in [0.2, 0.25) is 0 Å². The summed E-state index contributed by atoms with van der Waals surface area (Å²) in [4.78, 5) is 10.7. The molecular weight excluding hydrogens is 200 g/mol. The molecule has 0 aliphatic carbocycles. The fourth-order valence-electron chi connectivity index (χ4n) is 1.76. The highest BCUT2D eigenvalue weighted by Crippen LogP contribution is 2.21. The van der Waals surface area contributed by atoms with E-state index in [1.807, 2.05) is 14.0 Å². The maximum Gasteiger partial charge on any atom is 0.136 e. The van der Waals surface area contributed by atoms with E-state index < -0.39 is 0 Å². The van der Waals surface area contributed by atoms with E-state index in [9.17, 15) is 0 Å². The largest absolute Gasteiger partial charge is 0.373 e. The highest BCUT2D eigenvalue weighted by atomic mass is 15.2. The van der Waals surface area contributed by atoms with E-state index in [1.54, 1.807) is 6.33 Å². The molecule has 0 bridgehead atoms. The van der Waals surface area contributed by atoms with Crippen molar-refractivity contribution in [3.05, 3.63) is 11.9 Å². The summed E-state index contributed by atoms with van der Waals surface area (Å²) >= 11 is 0. The van der Waals surface area contributed by atoms with Gasteiger partial charge in [-0.1, -0.05) is 20.3 Å². The Morgan fingerprint density at radius 2 is 2.12 bits per heavy atom. The molecule has 1 aromatic rings. The van der Waals surface area contributed by atoms with E-state index in [1.165, 1.54) is 6.42 Å². The summed E-state index contributed by atoms with van der Waals surface area (Å²) < 4.78 is 0. The molecule has 1 aromatic heterocycles. The Kier molecular flexibility index (Phi) is 4.52. The van der Waals surface area contributed by atoms with Gasteiger partial charge in [-0.3, -0.25) is 0 Å². The minimum atomic E-state index is 0.678. The molecule has 0 saturated carbocycles. The summed E-state index contributed by atoms with van der Waals surface area (Å²) in [6.45, 7) is 7.54. The Hall–Kier alpha value is -1.32. The van der Waals surface area contributed by atoms with Gasteiger partial charge in [-0.15, -0.1) is 0 Å². The van der Waals surface area contributed by atoms with Crippen LogP contribution in [0.3, 0.4) is 0 Å². The Balaban J connectivity index is 2.86. The molecule has 0 aliphatic rings. The lowest BCUT2D eigenvalue weighted by Gasteiger charge is -2.23. The van der Waals surface area contributed by atoms with Crippen molar-refractivity contribution in [2.75, 3.05) is 30.9 Å². The molecule has 0 fully saturated rings. The van der Waals surface area contributed by atoms with Crippen LogP contribution in [0.5, 0.6) is 0 Å². The molecule has 0 aromatic carbocycles. The first-order chi connectivity index (χ1) is 7.60. The minimum absolute atomic E-state index is 0.678. The van der Waals surface area contributed by atoms with Crippen LogP contribution in [0, 0.1) is 12.8 Å². The van der Waals surface area contributed by atoms with Crippen LogP contribution >= 0.6 is 0 Å². The molecule has 4 nitrogen and oxygen atoms in total. The first kappa shape index (κ1) is 12.7. The maximum atomic E-state index is 4.35. The summed E-state index contributed by atoms with van der Waals surface area (Å²) in [6.07, 6.45) is 2.80. The van der Waals surface area contributed by atoms with Crippen molar-refractivity contribution in [1.82, 2.24) is 9.97 Å². The number of hydrogen-bond donors (Lipinski definition) is 1. The molecule has 1 rings (SSSR count). The van der Waals surface area contributed by atoms with Gasteiger partial charge in [0.1, 0.15) is 18.0 Å². The second-order valence-corrected chi connectivity index (χ2v) is 4.31. The molecule has 16 heavy (non-hydrogen) atoms. The molecule has 4 heteroatoms. The minimum Gasteiger partial charge on any atom is -0.373 e. The molecule has 0 aliphatic heterocycles. The predicted molar refractivity (Wildman–Crippen MR) is 69.0 cm³/mol. The Morgan fingerprint density at radius 1 is 1.44 bits per heavy atom. The van der Waals surface area contributed by atoms with Gasteiger partial charge < -0.3 is 10.2 Å². The SMILES string of the molecule is CCC(C)CN(C)c1ncnc(NC)c1C. The molecule has 0 amide bonds. The average molecular weight is 222 g/mol. The molecule has 1 atom stereocenters. The van der Waals surface area contributed by atoms with Crippen LogP contribution in [-0.4, -0.2) is 30.6 Å². The highest BCUT2D eigenvalue weighted by molar-refractivity contribution is 5.57. The zero-order valence-corrected chi connectivity index (χ0v) is 10.9. The number of nitrogens with zero attached hydrogens (tertiary/aromatic N) is 3. The molecular formula is C12H22N4. The number of nitrogens with one attached hydrogen (secondary N) is 1. The quantitative estimate of drug-likeness (QED) is 0.830. The topological polar surface area (TPSA) is 41.1 Å². The van der Waals surface area contributed by atoms with Gasteiger partial charge in [0.05, 0.1) is 0 Å². The van der Waals surface area contributed by atoms with Gasteiger partial charge in [0.25, 0.3) is 0 Å². The van der Waals surface area contributed by atoms with Crippen LogP contribution in [0.1, 0.15) is 25.8 Å². The number of aromatic nitrogens is 2. The normalized spacial score (nSPS) is 12.3. The second kappa shape index (κ2) is 5.68. The average Bonchev–Trinajstić information content (AvgIpc) is 2.29. The van der Waals surface area contributed by atoms with Gasteiger partial charge in [0, 0.05) is 26.2 Å². The molecule has 1 unspecified atom stereocenters. The Bertz CT molecular complexity index is 338. The van der Waals surface area contributed by atoms with Crippen molar-refractivity contribution in [1.29, 1.82) is 0 Å². The third-order valence-corrected chi connectivity index (χ3v) is 2.94. The summed E-state index contributed by atoms with van der Waals surface area (Å²) in [6, 6.07) is 0. The molecule has 0 radical (unpaired) electrons. The van der Waals surface area contributed by atoms with Crippen molar-refractivity contribution >= 4 is 11.6 Å². The van der Waals surface area contributed by atoms with Gasteiger partial charge in [0.2, 0.25) is 0 Å². The molecule has 0 saturated heterocycles. The first-order valence-electron chi connectivity index (χ1n) is 5.80. The van der Waals surface area contributed by atoms with Crippen LogP contribution in [0.15, 0.2) is 6.33 Å². The van der Waals surface area contributed by atoms with Crippen molar-refractivity contribution in [3.8, 4) is 0 Å². The van der Waals surface area contributed by atoms with E-state index >= 15 is 0 Å². The lowest BCUT2D eigenvalue weighted by Crippen LogP contribution is -2.25. The standard InChI is InChI=1S/C12H22N4/c1-6-9(2)7-16(5)12-10(3)11(13-4)14-8-15-12/h8-9H,6-7H2,1-5H3,(H,13,14,15). The lowest BCUT2D eigenvalue weighted by atomic mass is 10.1. The van der Waals surface area contributed by atoms with E-state index in [0.29, 0.717) is 5.92 Å². The third-order valence-electron chi connectivity index (χ3n) is 2.94. The summed E-state index contributed by atoms with van der Waals surface area (Å²) in [5.74, 6) is 2.60. The van der Waals surface area contributed by atoms with E-state index in [0.717, 1.165) is 23.7 Å². The number of anilines is 2. The predicted octanol–water partition coefficient (Wildman–Crippen LogP) is 2.31. The fourth-order valence-corrected chi connectivity index (χ4v) is 1.76. The molecule has 90 valence electrons. The van der Waals surface area contributed by atoms with Gasteiger partial charge >= 0.3 is 0 Å². The summed E-state index contributed by atoms with van der Waals surface area (Å²) in [7, 11) is 3.97. The molecule has 1 heterocycles. The summed E-state index contributed by atoms with van der Waals surface area (Å²) in [5, 5.41) is 3.08. The van der Waals surface area contributed by atoms with Gasteiger partial charge in [-0.2, -0.15) is 0 Å². The van der Waals surface area contributed by atoms with Crippen molar-refractivity contribution in [2.45, 2.75) is 27.2 Å². The van der Waals surface area contributed by atoms with Crippen LogP contribution in [0.4, 0.5) is 11.6 Å². The monoisotopic (exact) mass is 222 g/mol. The van der Waals surface area contributed by atoms with Crippen LogP contribution in [0.25, 0.3) is 0 Å². The van der Waals surface area contributed by atoms with Gasteiger partial charge in [-0.25, -0.2) is 9.97 Å². The maximum absolute atomic E-state index is 4.35. The Morgan fingerprint density at radius 3 is 2.69 bits per heavy atom. The second-order valence-electron chi connectivity index (χ2n) is 4.31. The van der Waals surface area contributed by atoms with Crippen LogP contribution < -0.4 is 10.2 Å². The number of hydrogen-bond acceptors (Lipinski definition) is 4. The van der Waals surface area contributed by atoms with Crippen LogP contribution in [-0.2, 0) is 0 Å². The zero-order chi connectivity index (χ0) is 12.1. The smallest absolute Gasteiger partial charge is 0.136 e. The number of rotatable bonds is 5. The highest BCUT2D eigenvalue weighted by Gasteiger charge is 2.11. The third kappa shape index (κ3) is 2.84. The molecule has 1 N–H and O–H groups in total. The lowest BCUT2D eigenvalue weighted by molar-refractivity contribution is 0.557. The van der Waals surface area contributed by atoms with Crippen molar-refractivity contribution in [2.24, 2.45) is 5.92 Å². The molecule has 0 spiro atoms. The van der Waals surface area contributed by atoms with E-state index in [-0.39, 0.29) is 0 Å². The Labute approximate surface area is 98.1 Å². The fraction of sp³-hybridized carbons (Fsp3) is 0.667. The summed E-state index contributed by atoms with van der Waals surface area (Å²) in [5.41, 5.74) is 1.11. The van der Waals surface area contributed by atoms with Crippen molar-refractivity contribution in [3.63, 3.8) is 0 Å².